The molecule has 1 unspecified atom stereocenters. The van der Waals surface area contributed by atoms with Crippen LogP contribution < -0.4 is 5.19 Å². The van der Waals surface area contributed by atoms with Crippen molar-refractivity contribution in [3.05, 3.63) is 94.7 Å². The highest BCUT2D eigenvalue weighted by atomic mass is 28.3. The zero-order valence-electron chi connectivity index (χ0n) is 21.2. The molecule has 0 spiro atoms. The van der Waals surface area contributed by atoms with Gasteiger partial charge in [0.2, 0.25) is 0 Å². The van der Waals surface area contributed by atoms with Gasteiger partial charge in [0.25, 0.3) is 0 Å². The molecular weight excluding hydrogens is 426 g/mol. The van der Waals surface area contributed by atoms with Crippen molar-refractivity contribution in [2.45, 2.75) is 58.2 Å². The van der Waals surface area contributed by atoms with Crippen LogP contribution in [0.1, 0.15) is 54.5 Å². The summed E-state index contributed by atoms with van der Waals surface area (Å²) in [6.45, 7) is 14.4. The summed E-state index contributed by atoms with van der Waals surface area (Å²) < 4.78 is 0. The zero-order chi connectivity index (χ0) is 23.8. The fourth-order valence-corrected chi connectivity index (χ4v) is 7.57. The minimum Gasteiger partial charge on any atom is -0.256 e. The molecular formula is C32H33NSi. The molecule has 4 aromatic rings. The van der Waals surface area contributed by atoms with Gasteiger partial charge >= 0.3 is 0 Å². The molecule has 0 saturated carbocycles. The molecule has 2 heteroatoms. The molecule has 0 fully saturated rings. The highest BCUT2D eigenvalue weighted by Crippen LogP contribution is 2.56. The Labute approximate surface area is 204 Å². The van der Waals surface area contributed by atoms with E-state index in [0.717, 1.165) is 6.42 Å². The summed E-state index contributed by atoms with van der Waals surface area (Å²) in [7, 11) is -1.32. The minimum absolute atomic E-state index is 0.0707. The fraction of sp³-hybridized carbons (Fsp3) is 0.281. The Kier molecular flexibility index (Phi) is 4.60. The first-order chi connectivity index (χ1) is 16.2. The Balaban J connectivity index is 1.59. The summed E-state index contributed by atoms with van der Waals surface area (Å²) >= 11 is 0. The summed E-state index contributed by atoms with van der Waals surface area (Å²) in [5.74, 6) is 0.457. The first-order valence-corrected chi connectivity index (χ1v) is 16.1. The summed E-state index contributed by atoms with van der Waals surface area (Å²) in [5.41, 5.74) is 11.0. The normalized spacial score (nSPS) is 18.7. The van der Waals surface area contributed by atoms with Crippen molar-refractivity contribution in [3.63, 3.8) is 0 Å². The molecule has 6 rings (SSSR count). The van der Waals surface area contributed by atoms with Crippen LogP contribution in [0.25, 0.3) is 33.7 Å². The monoisotopic (exact) mass is 459 g/mol. The van der Waals surface area contributed by atoms with Crippen LogP contribution in [0.2, 0.25) is 19.6 Å². The van der Waals surface area contributed by atoms with Crippen LogP contribution in [0, 0.1) is 0 Å². The van der Waals surface area contributed by atoms with Gasteiger partial charge < -0.3 is 0 Å². The van der Waals surface area contributed by atoms with E-state index in [1.54, 1.807) is 0 Å². The third-order valence-corrected chi connectivity index (χ3v) is 10.1. The summed E-state index contributed by atoms with van der Waals surface area (Å²) in [4.78, 5) is 5.01. The summed E-state index contributed by atoms with van der Waals surface area (Å²) in [6.07, 6.45) is 5.46. The highest BCUT2D eigenvalue weighted by Gasteiger charge is 2.45. The first-order valence-electron chi connectivity index (χ1n) is 12.6. The third kappa shape index (κ3) is 3.01. The molecule has 0 radical (unpaired) electrons. The van der Waals surface area contributed by atoms with Crippen LogP contribution in [0.3, 0.4) is 0 Å². The van der Waals surface area contributed by atoms with Gasteiger partial charge in [-0.2, -0.15) is 0 Å². The number of nitrogens with zero attached hydrogens (tertiary/aromatic N) is 1. The minimum atomic E-state index is -1.32. The fourth-order valence-electron chi connectivity index (χ4n) is 6.40. The van der Waals surface area contributed by atoms with Gasteiger partial charge in [0, 0.05) is 17.2 Å². The van der Waals surface area contributed by atoms with E-state index in [0.29, 0.717) is 5.92 Å². The van der Waals surface area contributed by atoms with Crippen molar-refractivity contribution in [3.8, 4) is 11.3 Å². The van der Waals surface area contributed by atoms with E-state index in [4.69, 9.17) is 4.98 Å². The lowest BCUT2D eigenvalue weighted by atomic mass is 9.65. The molecule has 0 amide bonds. The van der Waals surface area contributed by atoms with Gasteiger partial charge in [0.05, 0.1) is 13.8 Å². The molecule has 1 aromatic heterocycles. The standard InChI is InChI=1S/C32H33NSi/c1-20(2)29-25-10-8-7-9-22(25)17-26-27(29)19-32(3)28(18-23-15-16-33-31(26)30(23)32)21-11-13-24(14-12-21)34(4,5)6/h7-18,20H,19H2,1-6H3. The molecule has 0 aliphatic heterocycles. The van der Waals surface area contributed by atoms with E-state index in [2.05, 4.69) is 107 Å². The van der Waals surface area contributed by atoms with Crippen molar-refractivity contribution < 1.29 is 0 Å². The first kappa shape index (κ1) is 21.6. The highest BCUT2D eigenvalue weighted by molar-refractivity contribution is 6.88. The molecule has 3 aromatic carbocycles. The lowest BCUT2D eigenvalue weighted by Gasteiger charge is -2.38. The second kappa shape index (κ2) is 7.26. The number of rotatable bonds is 3. The van der Waals surface area contributed by atoms with Gasteiger partial charge in [-0.3, -0.25) is 4.98 Å². The number of hydrogen-bond donors (Lipinski definition) is 0. The number of fused-ring (bicyclic) bond motifs is 3. The van der Waals surface area contributed by atoms with Gasteiger partial charge in [0.1, 0.15) is 0 Å². The van der Waals surface area contributed by atoms with E-state index in [-0.39, 0.29) is 5.41 Å². The van der Waals surface area contributed by atoms with Gasteiger partial charge in [-0.25, -0.2) is 0 Å². The summed E-state index contributed by atoms with van der Waals surface area (Å²) in [5, 5.41) is 4.23. The Hall–Kier alpha value is -2.97. The molecule has 1 nitrogen and oxygen atoms in total. The number of aromatic nitrogens is 1. The predicted molar refractivity (Wildman–Crippen MR) is 150 cm³/mol. The quantitative estimate of drug-likeness (QED) is 0.283. The molecule has 2 aliphatic carbocycles. The van der Waals surface area contributed by atoms with Crippen LogP contribution in [-0.4, -0.2) is 13.1 Å². The van der Waals surface area contributed by atoms with E-state index in [9.17, 15) is 0 Å². The number of pyridine rings is 1. The van der Waals surface area contributed by atoms with Gasteiger partial charge in [0.15, 0.2) is 0 Å². The number of benzene rings is 3. The van der Waals surface area contributed by atoms with Crippen molar-refractivity contribution in [2.24, 2.45) is 0 Å². The van der Waals surface area contributed by atoms with Crippen molar-refractivity contribution in [2.75, 3.05) is 0 Å². The lowest BCUT2D eigenvalue weighted by molar-refractivity contribution is 0.604. The van der Waals surface area contributed by atoms with Crippen LogP contribution in [0.15, 0.2) is 66.9 Å². The number of allylic oxidation sites excluding steroid dienone is 1. The zero-order valence-corrected chi connectivity index (χ0v) is 22.2. The topological polar surface area (TPSA) is 12.9 Å². The van der Waals surface area contributed by atoms with Crippen LogP contribution in [0.5, 0.6) is 0 Å². The lowest BCUT2D eigenvalue weighted by Crippen LogP contribution is -2.37. The Morgan fingerprint density at radius 2 is 1.68 bits per heavy atom. The molecule has 0 saturated heterocycles. The third-order valence-electron chi connectivity index (χ3n) is 8.06. The molecule has 2 aliphatic rings. The molecule has 170 valence electrons. The molecule has 1 atom stereocenters. The van der Waals surface area contributed by atoms with E-state index in [1.165, 1.54) is 60.6 Å². The van der Waals surface area contributed by atoms with E-state index in [1.807, 2.05) is 6.20 Å². The van der Waals surface area contributed by atoms with Crippen LogP contribution >= 0.6 is 0 Å². The SMILES string of the molecule is CC(C)c1c2c(cc3ccccc13)-c1nccc3c1C(C)(C2)C(c1ccc([Si](C)(C)C)cc1)=C3. The smallest absolute Gasteiger partial charge is 0.0775 e. The van der Waals surface area contributed by atoms with Gasteiger partial charge in [-0.1, -0.05) is 94.1 Å². The summed E-state index contributed by atoms with van der Waals surface area (Å²) in [6, 6.07) is 22.9. The van der Waals surface area contributed by atoms with Crippen molar-refractivity contribution in [1.82, 2.24) is 4.98 Å². The van der Waals surface area contributed by atoms with Gasteiger partial charge in [-0.05, 0) is 74.7 Å². The average Bonchev–Trinajstić information content (AvgIpc) is 3.10. The molecule has 0 N–H and O–H groups in total. The maximum atomic E-state index is 5.01. The van der Waals surface area contributed by atoms with Crippen molar-refractivity contribution >= 4 is 35.7 Å². The second-order valence-corrected chi connectivity index (χ2v) is 16.8. The predicted octanol–water partition coefficient (Wildman–Crippen LogP) is 7.94. The second-order valence-electron chi connectivity index (χ2n) is 11.7. The van der Waals surface area contributed by atoms with Crippen LogP contribution in [0.4, 0.5) is 0 Å². The largest absolute Gasteiger partial charge is 0.256 e. The number of hydrogen-bond acceptors (Lipinski definition) is 1. The Bertz CT molecular complexity index is 1480. The Morgan fingerprint density at radius 1 is 0.941 bits per heavy atom. The average molecular weight is 460 g/mol. The van der Waals surface area contributed by atoms with E-state index >= 15 is 0 Å². The molecule has 34 heavy (non-hydrogen) atoms. The van der Waals surface area contributed by atoms with Crippen molar-refractivity contribution in [1.29, 1.82) is 0 Å². The molecule has 0 bridgehead atoms. The van der Waals surface area contributed by atoms with Gasteiger partial charge in [-0.15, -0.1) is 0 Å². The van der Waals surface area contributed by atoms with E-state index < -0.39 is 8.07 Å². The maximum Gasteiger partial charge on any atom is 0.0775 e. The molecule has 1 heterocycles. The van der Waals surface area contributed by atoms with Crippen LogP contribution in [-0.2, 0) is 11.8 Å². The Morgan fingerprint density at radius 3 is 2.38 bits per heavy atom. The maximum absolute atomic E-state index is 5.01.